The first-order valence-electron chi connectivity index (χ1n) is 5.46. The number of aromatic hydroxyl groups is 2. The standard InChI is InChI=1S/C14H8BrClO4/c15-7-1-3-11(17)9(5-7)13(19)14(20)10-6-8(16)2-4-12(10)18/h1-6,17-18H. The third-order valence-electron chi connectivity index (χ3n) is 2.61. The highest BCUT2D eigenvalue weighted by molar-refractivity contribution is 9.10. The van der Waals surface area contributed by atoms with Crippen LogP contribution in [-0.2, 0) is 0 Å². The monoisotopic (exact) mass is 354 g/mol. The van der Waals surface area contributed by atoms with Gasteiger partial charge in [-0.3, -0.25) is 9.59 Å². The van der Waals surface area contributed by atoms with Gasteiger partial charge in [-0.2, -0.15) is 0 Å². The molecule has 0 atom stereocenters. The van der Waals surface area contributed by atoms with Crippen molar-refractivity contribution in [2.45, 2.75) is 0 Å². The van der Waals surface area contributed by atoms with Crippen LogP contribution in [0.5, 0.6) is 11.5 Å². The molecule has 2 N–H and O–H groups in total. The fourth-order valence-corrected chi connectivity index (χ4v) is 2.16. The van der Waals surface area contributed by atoms with Crippen LogP contribution < -0.4 is 0 Å². The Morgan fingerprint density at radius 2 is 1.40 bits per heavy atom. The molecule has 2 aromatic carbocycles. The number of carbonyl (C=O) groups excluding carboxylic acids is 2. The number of phenols is 2. The molecule has 6 heteroatoms. The van der Waals surface area contributed by atoms with Crippen molar-refractivity contribution in [2.24, 2.45) is 0 Å². The van der Waals surface area contributed by atoms with Crippen molar-refractivity contribution in [1.82, 2.24) is 0 Å². The molecule has 20 heavy (non-hydrogen) atoms. The molecular weight excluding hydrogens is 348 g/mol. The fraction of sp³-hybridized carbons (Fsp3) is 0. The van der Waals surface area contributed by atoms with E-state index < -0.39 is 11.6 Å². The van der Waals surface area contributed by atoms with Crippen molar-refractivity contribution >= 4 is 39.1 Å². The number of benzene rings is 2. The minimum absolute atomic E-state index is 0.149. The average Bonchev–Trinajstić information content (AvgIpc) is 2.42. The molecule has 0 aliphatic rings. The Hall–Kier alpha value is -1.85. The zero-order valence-electron chi connectivity index (χ0n) is 9.93. The van der Waals surface area contributed by atoms with Gasteiger partial charge in [0.25, 0.3) is 0 Å². The van der Waals surface area contributed by atoms with Crippen molar-refractivity contribution in [3.8, 4) is 11.5 Å². The molecule has 0 spiro atoms. The highest BCUT2D eigenvalue weighted by atomic mass is 79.9. The number of Topliss-reactive ketones (excluding diaryl/α,β-unsaturated/α-hetero) is 2. The summed E-state index contributed by atoms with van der Waals surface area (Å²) in [5.41, 5.74) is -0.356. The van der Waals surface area contributed by atoms with E-state index in [9.17, 15) is 19.8 Å². The molecule has 0 aliphatic carbocycles. The van der Waals surface area contributed by atoms with E-state index in [-0.39, 0.29) is 27.6 Å². The second-order valence-corrected chi connectivity index (χ2v) is 5.33. The van der Waals surface area contributed by atoms with Gasteiger partial charge in [0.1, 0.15) is 11.5 Å². The molecule has 102 valence electrons. The van der Waals surface area contributed by atoms with Crippen molar-refractivity contribution in [1.29, 1.82) is 0 Å². The second kappa shape index (κ2) is 5.64. The molecule has 0 saturated heterocycles. The summed E-state index contributed by atoms with van der Waals surface area (Å²) in [5, 5.41) is 19.5. The number of carbonyl (C=O) groups is 2. The van der Waals surface area contributed by atoms with Gasteiger partial charge in [-0.1, -0.05) is 27.5 Å². The van der Waals surface area contributed by atoms with E-state index in [0.29, 0.717) is 4.47 Å². The lowest BCUT2D eigenvalue weighted by atomic mass is 10.0. The van der Waals surface area contributed by atoms with Crippen LogP contribution in [0.15, 0.2) is 40.9 Å². The van der Waals surface area contributed by atoms with Crippen molar-refractivity contribution < 1.29 is 19.8 Å². The minimum Gasteiger partial charge on any atom is -0.507 e. The second-order valence-electron chi connectivity index (χ2n) is 3.98. The molecule has 2 aromatic rings. The predicted molar refractivity (Wildman–Crippen MR) is 77.6 cm³/mol. The molecular formula is C14H8BrClO4. The van der Waals surface area contributed by atoms with Gasteiger partial charge in [0, 0.05) is 9.50 Å². The lowest BCUT2D eigenvalue weighted by molar-refractivity contribution is 0.0813. The first-order valence-corrected chi connectivity index (χ1v) is 6.63. The summed E-state index contributed by atoms with van der Waals surface area (Å²) >= 11 is 8.89. The molecule has 0 saturated carbocycles. The lowest BCUT2D eigenvalue weighted by Gasteiger charge is -2.06. The molecule has 0 unspecified atom stereocenters. The molecule has 0 radical (unpaired) electrons. The first-order chi connectivity index (χ1) is 9.40. The van der Waals surface area contributed by atoms with Gasteiger partial charge in [0.15, 0.2) is 0 Å². The lowest BCUT2D eigenvalue weighted by Crippen LogP contribution is -2.15. The predicted octanol–water partition coefficient (Wildman–Crippen LogP) is 3.58. The largest absolute Gasteiger partial charge is 0.507 e. The van der Waals surface area contributed by atoms with Gasteiger partial charge >= 0.3 is 0 Å². The third kappa shape index (κ3) is 2.84. The van der Waals surface area contributed by atoms with Gasteiger partial charge in [0.05, 0.1) is 11.1 Å². The smallest absolute Gasteiger partial charge is 0.237 e. The van der Waals surface area contributed by atoms with E-state index in [1.54, 1.807) is 0 Å². The normalized spacial score (nSPS) is 10.3. The number of rotatable bonds is 3. The Bertz CT molecular complexity index is 651. The van der Waals surface area contributed by atoms with E-state index >= 15 is 0 Å². The van der Waals surface area contributed by atoms with E-state index in [4.69, 9.17) is 11.6 Å². The topological polar surface area (TPSA) is 74.6 Å². The van der Waals surface area contributed by atoms with Crippen LogP contribution in [-0.4, -0.2) is 21.8 Å². The Balaban J connectivity index is 2.45. The van der Waals surface area contributed by atoms with Crippen LogP contribution in [0.25, 0.3) is 0 Å². The number of halogens is 2. The number of ketones is 2. The van der Waals surface area contributed by atoms with Gasteiger partial charge in [0.2, 0.25) is 11.6 Å². The molecule has 0 aromatic heterocycles. The average molecular weight is 356 g/mol. The maximum absolute atomic E-state index is 12.1. The van der Waals surface area contributed by atoms with E-state index in [2.05, 4.69) is 15.9 Å². The van der Waals surface area contributed by atoms with Crippen LogP contribution in [0.4, 0.5) is 0 Å². The summed E-state index contributed by atoms with van der Waals surface area (Å²) in [4.78, 5) is 24.2. The van der Waals surface area contributed by atoms with E-state index in [0.717, 1.165) is 0 Å². The third-order valence-corrected chi connectivity index (χ3v) is 3.34. The zero-order valence-corrected chi connectivity index (χ0v) is 12.3. The van der Waals surface area contributed by atoms with Gasteiger partial charge in [-0.05, 0) is 36.4 Å². The highest BCUT2D eigenvalue weighted by Crippen LogP contribution is 2.27. The Kier molecular flexibility index (Phi) is 4.11. The summed E-state index contributed by atoms with van der Waals surface area (Å²) in [6.45, 7) is 0. The Labute approximate surface area is 127 Å². The highest BCUT2D eigenvalue weighted by Gasteiger charge is 2.24. The number of hydrogen-bond acceptors (Lipinski definition) is 4. The Morgan fingerprint density at radius 3 is 2.00 bits per heavy atom. The number of hydrogen-bond donors (Lipinski definition) is 2. The number of phenolic OH excluding ortho intramolecular Hbond substituents is 2. The molecule has 0 aliphatic heterocycles. The van der Waals surface area contributed by atoms with Crippen molar-refractivity contribution in [2.75, 3.05) is 0 Å². The quantitative estimate of drug-likeness (QED) is 0.652. The first kappa shape index (κ1) is 14.6. The molecule has 0 fully saturated rings. The maximum Gasteiger partial charge on any atom is 0.237 e. The summed E-state index contributed by atoms with van der Waals surface area (Å²) < 4.78 is 0.543. The van der Waals surface area contributed by atoms with Gasteiger partial charge in [-0.15, -0.1) is 0 Å². The Morgan fingerprint density at radius 1 is 0.900 bits per heavy atom. The maximum atomic E-state index is 12.1. The fourth-order valence-electron chi connectivity index (χ4n) is 1.62. The van der Waals surface area contributed by atoms with Crippen molar-refractivity contribution in [3.05, 3.63) is 57.0 Å². The summed E-state index contributed by atoms with van der Waals surface area (Å²) in [6, 6.07) is 7.98. The van der Waals surface area contributed by atoms with Crippen LogP contribution in [0, 0.1) is 0 Å². The summed E-state index contributed by atoms with van der Waals surface area (Å²) in [6.07, 6.45) is 0. The van der Waals surface area contributed by atoms with Crippen LogP contribution >= 0.6 is 27.5 Å². The van der Waals surface area contributed by atoms with Gasteiger partial charge < -0.3 is 10.2 Å². The van der Waals surface area contributed by atoms with Crippen molar-refractivity contribution in [3.63, 3.8) is 0 Å². The molecule has 0 heterocycles. The van der Waals surface area contributed by atoms with Crippen LogP contribution in [0.3, 0.4) is 0 Å². The molecule has 4 nitrogen and oxygen atoms in total. The molecule has 0 bridgehead atoms. The molecule has 2 rings (SSSR count). The minimum atomic E-state index is -0.946. The zero-order chi connectivity index (χ0) is 14.9. The van der Waals surface area contributed by atoms with Crippen LogP contribution in [0.2, 0.25) is 5.02 Å². The van der Waals surface area contributed by atoms with Gasteiger partial charge in [-0.25, -0.2) is 0 Å². The van der Waals surface area contributed by atoms with E-state index in [1.165, 1.54) is 36.4 Å². The van der Waals surface area contributed by atoms with E-state index in [1.807, 2.05) is 0 Å². The summed E-state index contributed by atoms with van der Waals surface area (Å²) in [7, 11) is 0. The molecule has 0 amide bonds. The van der Waals surface area contributed by atoms with Crippen LogP contribution in [0.1, 0.15) is 20.7 Å². The SMILES string of the molecule is O=C(C(=O)c1cc(Br)ccc1O)c1cc(Cl)ccc1O. The summed E-state index contributed by atoms with van der Waals surface area (Å²) in [5.74, 6) is -2.53.